The first kappa shape index (κ1) is 20.7. The molecule has 1 fully saturated rings. The summed E-state index contributed by atoms with van der Waals surface area (Å²) < 4.78 is 7.01. The second kappa shape index (κ2) is 8.76. The molecule has 1 aliphatic rings. The molecular weight excluding hydrogens is 420 g/mol. The molecule has 0 aliphatic carbocycles. The SMILES string of the molecule is CCc1nc2c(N)ncc(-c3cnn(-c4ncc(C#N)cn4)c3)c2nc1NC1CCOCC1. The summed E-state index contributed by atoms with van der Waals surface area (Å²) in [6.07, 6.45) is 10.6. The molecule has 5 rings (SSSR count). The van der Waals surface area contributed by atoms with Gasteiger partial charge in [-0.1, -0.05) is 6.92 Å². The second-order valence-corrected chi connectivity index (χ2v) is 7.71. The standard InChI is InChI=1S/C22H22N10O/c1-2-17-21(29-15-3-5-33-6-4-15)31-18-16(11-25-20(24)19(18)30-17)14-10-28-32(12-14)22-26-8-13(7-23)9-27-22/h8-12,15H,2-6H2,1H3,(H2,24,25)(H,29,31). The molecule has 0 aromatic carbocycles. The molecule has 0 bridgehead atoms. The van der Waals surface area contributed by atoms with Gasteiger partial charge in [-0.3, -0.25) is 0 Å². The highest BCUT2D eigenvalue weighted by atomic mass is 16.5. The zero-order valence-corrected chi connectivity index (χ0v) is 18.1. The zero-order chi connectivity index (χ0) is 22.8. The van der Waals surface area contributed by atoms with Crippen molar-refractivity contribution in [3.05, 3.63) is 42.2 Å². The smallest absolute Gasteiger partial charge is 0.250 e. The molecule has 11 nitrogen and oxygen atoms in total. The normalized spacial score (nSPS) is 14.3. The summed E-state index contributed by atoms with van der Waals surface area (Å²) in [7, 11) is 0. The molecule has 0 radical (unpaired) electrons. The number of pyridine rings is 1. The number of aromatic nitrogens is 7. The quantitative estimate of drug-likeness (QED) is 0.470. The Hall–Kier alpha value is -4.17. The van der Waals surface area contributed by atoms with Gasteiger partial charge in [0.2, 0.25) is 0 Å². The molecule has 33 heavy (non-hydrogen) atoms. The van der Waals surface area contributed by atoms with E-state index in [1.807, 2.05) is 13.0 Å². The van der Waals surface area contributed by atoms with Crippen LogP contribution >= 0.6 is 0 Å². The molecule has 0 atom stereocenters. The van der Waals surface area contributed by atoms with Crippen LogP contribution in [-0.4, -0.2) is 54.0 Å². The van der Waals surface area contributed by atoms with Crippen LogP contribution in [0, 0.1) is 11.3 Å². The fourth-order valence-electron chi connectivity index (χ4n) is 3.77. The number of nitrogens with one attached hydrogen (secondary N) is 1. The van der Waals surface area contributed by atoms with Gasteiger partial charge in [-0.2, -0.15) is 10.4 Å². The fourth-order valence-corrected chi connectivity index (χ4v) is 3.77. The lowest BCUT2D eigenvalue weighted by Gasteiger charge is -2.24. The van der Waals surface area contributed by atoms with Gasteiger partial charge < -0.3 is 15.8 Å². The number of aryl methyl sites for hydroxylation is 1. The van der Waals surface area contributed by atoms with Crippen LogP contribution in [0.3, 0.4) is 0 Å². The van der Waals surface area contributed by atoms with E-state index in [1.165, 1.54) is 17.1 Å². The van der Waals surface area contributed by atoms with Crippen molar-refractivity contribution in [1.29, 1.82) is 5.26 Å². The van der Waals surface area contributed by atoms with Crippen LogP contribution in [0.4, 0.5) is 11.6 Å². The summed E-state index contributed by atoms with van der Waals surface area (Å²) in [5.74, 6) is 1.44. The van der Waals surface area contributed by atoms with Gasteiger partial charge in [-0.05, 0) is 19.3 Å². The molecule has 1 saturated heterocycles. The third-order valence-electron chi connectivity index (χ3n) is 5.56. The lowest BCUT2D eigenvalue weighted by molar-refractivity contribution is 0.0903. The highest BCUT2D eigenvalue weighted by Crippen LogP contribution is 2.31. The summed E-state index contributed by atoms with van der Waals surface area (Å²) in [4.78, 5) is 22.5. The van der Waals surface area contributed by atoms with E-state index in [1.54, 1.807) is 18.6 Å². The van der Waals surface area contributed by atoms with Crippen molar-refractivity contribution in [3.63, 3.8) is 0 Å². The molecule has 166 valence electrons. The number of nitrogen functional groups attached to an aromatic ring is 1. The van der Waals surface area contributed by atoms with Gasteiger partial charge in [-0.15, -0.1) is 0 Å². The first-order chi connectivity index (χ1) is 16.2. The van der Waals surface area contributed by atoms with Crippen LogP contribution in [0.2, 0.25) is 0 Å². The molecule has 0 amide bonds. The molecule has 4 aromatic rings. The number of anilines is 2. The molecule has 0 unspecified atom stereocenters. The minimum absolute atomic E-state index is 0.287. The predicted octanol–water partition coefficient (Wildman–Crippen LogP) is 2.27. The van der Waals surface area contributed by atoms with Crippen molar-refractivity contribution >= 4 is 22.7 Å². The fraction of sp³-hybridized carbons (Fsp3) is 0.318. The van der Waals surface area contributed by atoms with Crippen molar-refractivity contribution in [2.75, 3.05) is 24.3 Å². The van der Waals surface area contributed by atoms with Crippen LogP contribution in [0.5, 0.6) is 0 Å². The van der Waals surface area contributed by atoms with Crippen molar-refractivity contribution in [1.82, 2.24) is 34.7 Å². The van der Waals surface area contributed by atoms with E-state index >= 15 is 0 Å². The number of hydrogen-bond acceptors (Lipinski definition) is 10. The van der Waals surface area contributed by atoms with E-state index in [0.717, 1.165) is 48.7 Å². The van der Waals surface area contributed by atoms with Crippen LogP contribution in [0.15, 0.2) is 31.0 Å². The highest BCUT2D eigenvalue weighted by Gasteiger charge is 2.20. The number of nitriles is 1. The summed E-state index contributed by atoms with van der Waals surface area (Å²) in [5.41, 5.74) is 10.1. The number of fused-ring (bicyclic) bond motifs is 1. The second-order valence-electron chi connectivity index (χ2n) is 7.71. The van der Waals surface area contributed by atoms with Crippen LogP contribution in [-0.2, 0) is 11.2 Å². The van der Waals surface area contributed by atoms with Crippen LogP contribution in [0.1, 0.15) is 31.0 Å². The lowest BCUT2D eigenvalue weighted by atomic mass is 10.1. The third-order valence-corrected chi connectivity index (χ3v) is 5.56. The Kier molecular flexibility index (Phi) is 5.50. The Morgan fingerprint density at radius 2 is 1.91 bits per heavy atom. The predicted molar refractivity (Wildman–Crippen MR) is 121 cm³/mol. The minimum atomic E-state index is 0.287. The molecule has 0 spiro atoms. The van der Waals surface area contributed by atoms with Gasteiger partial charge in [0.05, 0.1) is 29.8 Å². The maximum Gasteiger partial charge on any atom is 0.250 e. The number of rotatable bonds is 5. The summed E-state index contributed by atoms with van der Waals surface area (Å²) in [5, 5.41) is 16.9. The summed E-state index contributed by atoms with van der Waals surface area (Å²) in [6.45, 7) is 3.51. The van der Waals surface area contributed by atoms with Gasteiger partial charge >= 0.3 is 0 Å². The Balaban J connectivity index is 1.56. The average molecular weight is 442 g/mol. The zero-order valence-electron chi connectivity index (χ0n) is 18.1. The monoisotopic (exact) mass is 442 g/mol. The van der Waals surface area contributed by atoms with Crippen molar-refractivity contribution in [2.45, 2.75) is 32.2 Å². The Morgan fingerprint density at radius 1 is 1.12 bits per heavy atom. The maximum atomic E-state index is 8.94. The third kappa shape index (κ3) is 4.04. The number of nitrogens with zero attached hydrogens (tertiary/aromatic N) is 8. The summed E-state index contributed by atoms with van der Waals surface area (Å²) >= 11 is 0. The van der Waals surface area contributed by atoms with Crippen molar-refractivity contribution in [3.8, 4) is 23.1 Å². The number of hydrogen-bond donors (Lipinski definition) is 2. The topological polar surface area (TPSA) is 153 Å². The minimum Gasteiger partial charge on any atom is -0.382 e. The molecule has 4 aromatic heterocycles. The lowest BCUT2D eigenvalue weighted by Crippen LogP contribution is -2.29. The van der Waals surface area contributed by atoms with E-state index in [2.05, 4.69) is 25.4 Å². The molecule has 1 aliphatic heterocycles. The Bertz CT molecular complexity index is 1340. The van der Waals surface area contributed by atoms with Crippen molar-refractivity contribution < 1.29 is 4.74 Å². The van der Waals surface area contributed by atoms with E-state index in [-0.39, 0.29) is 6.04 Å². The Morgan fingerprint density at radius 3 is 2.64 bits per heavy atom. The maximum absolute atomic E-state index is 8.94. The van der Waals surface area contributed by atoms with Gasteiger partial charge in [-0.25, -0.2) is 29.6 Å². The van der Waals surface area contributed by atoms with Crippen LogP contribution < -0.4 is 11.1 Å². The van der Waals surface area contributed by atoms with Gasteiger partial charge in [0.15, 0.2) is 5.82 Å². The van der Waals surface area contributed by atoms with Gasteiger partial charge in [0, 0.05) is 42.8 Å². The molecule has 5 heterocycles. The number of nitrogens with two attached hydrogens (primary N) is 1. The van der Waals surface area contributed by atoms with Crippen LogP contribution in [0.25, 0.3) is 28.1 Å². The van der Waals surface area contributed by atoms with Gasteiger partial charge in [0.25, 0.3) is 5.95 Å². The van der Waals surface area contributed by atoms with Crippen molar-refractivity contribution in [2.24, 2.45) is 0 Å². The van der Waals surface area contributed by atoms with E-state index in [0.29, 0.717) is 34.8 Å². The van der Waals surface area contributed by atoms with E-state index in [4.69, 9.17) is 25.7 Å². The molecule has 0 saturated carbocycles. The molecular formula is C22H22N10O. The first-order valence-corrected chi connectivity index (χ1v) is 10.7. The van der Waals surface area contributed by atoms with E-state index in [9.17, 15) is 0 Å². The Labute approximate surface area is 189 Å². The van der Waals surface area contributed by atoms with Gasteiger partial charge in [0.1, 0.15) is 22.9 Å². The first-order valence-electron chi connectivity index (χ1n) is 10.7. The number of ether oxygens (including phenoxy) is 1. The molecule has 11 heteroatoms. The average Bonchev–Trinajstić information content (AvgIpc) is 3.35. The van der Waals surface area contributed by atoms with E-state index < -0.39 is 0 Å². The highest BCUT2D eigenvalue weighted by molar-refractivity contribution is 5.96. The molecule has 3 N–H and O–H groups in total. The summed E-state index contributed by atoms with van der Waals surface area (Å²) in [6, 6.07) is 2.29. The largest absolute Gasteiger partial charge is 0.382 e.